The van der Waals surface area contributed by atoms with Crippen molar-refractivity contribution < 1.29 is 23.6 Å². The van der Waals surface area contributed by atoms with Crippen LogP contribution in [0.25, 0.3) is 0 Å². The van der Waals surface area contributed by atoms with Crippen LogP contribution in [0.3, 0.4) is 0 Å². The molecule has 2 aromatic rings. The molecular formula is C20H21NO5S. The van der Waals surface area contributed by atoms with Crippen LogP contribution in [-0.4, -0.2) is 41.1 Å². The predicted molar refractivity (Wildman–Crippen MR) is 103 cm³/mol. The summed E-state index contributed by atoms with van der Waals surface area (Å²) < 4.78 is 22.4. The van der Waals surface area contributed by atoms with Crippen LogP contribution in [-0.2, 0) is 27.3 Å². The number of rotatable bonds is 7. The van der Waals surface area contributed by atoms with E-state index in [4.69, 9.17) is 9.47 Å². The van der Waals surface area contributed by atoms with Crippen LogP contribution in [0.4, 0.5) is 5.69 Å². The molecule has 0 spiro atoms. The van der Waals surface area contributed by atoms with Crippen molar-refractivity contribution in [2.24, 2.45) is 0 Å². The Morgan fingerprint density at radius 3 is 2.56 bits per heavy atom. The van der Waals surface area contributed by atoms with Gasteiger partial charge in [0.25, 0.3) is 0 Å². The highest BCUT2D eigenvalue weighted by Crippen LogP contribution is 2.36. The number of hydrogen-bond acceptors (Lipinski definition) is 5. The Balaban J connectivity index is 1.95. The van der Waals surface area contributed by atoms with Crippen LogP contribution < -0.4 is 9.64 Å². The zero-order chi connectivity index (χ0) is 19.4. The maximum atomic E-state index is 11.9. The average Bonchev–Trinajstić information content (AvgIpc) is 2.65. The highest BCUT2D eigenvalue weighted by molar-refractivity contribution is 7.93. The zero-order valence-corrected chi connectivity index (χ0v) is 16.0. The Morgan fingerprint density at radius 2 is 1.96 bits per heavy atom. The lowest BCUT2D eigenvalue weighted by atomic mass is 10.1. The molecule has 0 atom stereocenters. The molecule has 0 radical (unpaired) electrons. The fraction of sp³-hybridized carbons (Fsp3) is 0.300. The van der Waals surface area contributed by atoms with E-state index in [1.807, 2.05) is 37.3 Å². The summed E-state index contributed by atoms with van der Waals surface area (Å²) in [5.41, 5.74) is 1.18. The molecule has 0 saturated carbocycles. The lowest BCUT2D eigenvalue weighted by molar-refractivity contribution is -0.107. The summed E-state index contributed by atoms with van der Waals surface area (Å²) in [6, 6.07) is 14.3. The number of ether oxygens (including phenoxy) is 2. The first kappa shape index (κ1) is 19.3. The number of hydrogen-bond donors (Lipinski definition) is 0. The van der Waals surface area contributed by atoms with E-state index in [0.29, 0.717) is 41.5 Å². The molecule has 1 fully saturated rings. The third kappa shape index (κ3) is 4.43. The Hall–Kier alpha value is -2.51. The number of methoxy groups -OCH3 is 1. The number of esters is 1. The first-order valence-electron chi connectivity index (χ1n) is 8.46. The number of carbonyl (C=O) groups excluding carboxylic acids is 2. The number of amides is 1. The van der Waals surface area contributed by atoms with Gasteiger partial charge < -0.3 is 18.9 Å². The van der Waals surface area contributed by atoms with Gasteiger partial charge in [0, 0.05) is 0 Å². The second-order valence-electron chi connectivity index (χ2n) is 6.67. The first-order chi connectivity index (χ1) is 12.9. The summed E-state index contributed by atoms with van der Waals surface area (Å²) in [7, 11) is 1.30. The van der Waals surface area contributed by atoms with Gasteiger partial charge in [0.15, 0.2) is 5.60 Å². The summed E-state index contributed by atoms with van der Waals surface area (Å²) in [5.74, 6) is 0.838. The lowest BCUT2D eigenvalue weighted by Crippen LogP contribution is -2.56. The van der Waals surface area contributed by atoms with E-state index in [1.54, 1.807) is 18.2 Å². The minimum absolute atomic E-state index is 0.321. The van der Waals surface area contributed by atoms with Gasteiger partial charge in [-0.2, -0.15) is 0 Å². The van der Waals surface area contributed by atoms with Crippen molar-refractivity contribution in [3.05, 3.63) is 59.7 Å². The number of carbonyl (C=O) groups is 2. The molecule has 0 aliphatic carbocycles. The molecule has 1 heterocycles. The maximum absolute atomic E-state index is 11.9. The summed E-state index contributed by atoms with van der Waals surface area (Å²) >= 11 is -0.881. The van der Waals surface area contributed by atoms with Gasteiger partial charge in [0.2, 0.25) is 6.41 Å². The molecule has 1 aliphatic rings. The molecule has 7 heteroatoms. The van der Waals surface area contributed by atoms with Gasteiger partial charge >= 0.3 is 5.97 Å². The van der Waals surface area contributed by atoms with Crippen molar-refractivity contribution in [2.75, 3.05) is 23.5 Å². The fourth-order valence-corrected chi connectivity index (χ4v) is 4.39. The molecule has 2 aromatic carbocycles. The fourth-order valence-electron chi connectivity index (χ4n) is 3.00. The summed E-state index contributed by atoms with van der Waals surface area (Å²) in [6.07, 6.45) is 0.706. The van der Waals surface area contributed by atoms with Crippen LogP contribution in [0.1, 0.15) is 22.8 Å². The van der Waals surface area contributed by atoms with Gasteiger partial charge in [-0.25, -0.2) is 4.79 Å². The van der Waals surface area contributed by atoms with Crippen molar-refractivity contribution in [3.8, 4) is 5.75 Å². The molecule has 1 aliphatic heterocycles. The third-order valence-corrected chi connectivity index (χ3v) is 6.17. The van der Waals surface area contributed by atoms with Crippen molar-refractivity contribution in [1.82, 2.24) is 0 Å². The molecule has 27 heavy (non-hydrogen) atoms. The molecule has 0 aromatic heterocycles. The third-order valence-electron chi connectivity index (χ3n) is 4.30. The Bertz CT molecular complexity index is 820. The molecule has 6 nitrogen and oxygen atoms in total. The summed E-state index contributed by atoms with van der Waals surface area (Å²) in [4.78, 5) is 25.2. The van der Waals surface area contributed by atoms with Gasteiger partial charge in [-0.1, -0.05) is 30.3 Å². The number of nitrogens with zero attached hydrogens (tertiary/aromatic N) is 1. The molecule has 0 N–H and O–H groups in total. The van der Waals surface area contributed by atoms with E-state index in [2.05, 4.69) is 0 Å². The van der Waals surface area contributed by atoms with Crippen molar-refractivity contribution >= 4 is 29.2 Å². The highest BCUT2D eigenvalue weighted by atomic mass is 32.2. The van der Waals surface area contributed by atoms with Gasteiger partial charge in [0.05, 0.1) is 24.9 Å². The van der Waals surface area contributed by atoms with Crippen LogP contribution in [0.2, 0.25) is 0 Å². The Morgan fingerprint density at radius 1 is 1.26 bits per heavy atom. The molecule has 3 rings (SSSR count). The van der Waals surface area contributed by atoms with Crippen LogP contribution in [0.15, 0.2) is 48.5 Å². The van der Waals surface area contributed by atoms with E-state index < -0.39 is 22.7 Å². The lowest BCUT2D eigenvalue weighted by Gasteiger charge is -2.39. The van der Waals surface area contributed by atoms with Crippen LogP contribution in [0, 0.1) is 0 Å². The molecule has 1 saturated heterocycles. The topological polar surface area (TPSA) is 78.9 Å². The average molecular weight is 387 g/mol. The number of anilines is 1. The predicted octanol–water partition coefficient (Wildman–Crippen LogP) is 2.54. The Labute approximate surface area is 161 Å². The molecule has 0 unspecified atom stereocenters. The summed E-state index contributed by atoms with van der Waals surface area (Å²) in [6.45, 7) is 2.21. The molecule has 0 bridgehead atoms. The SMILES string of the molecule is COC(=O)c1ccc(OC2(C)C[S+]([O-])C2)c(N(C=O)Cc2ccccc2)c1. The van der Waals surface area contributed by atoms with E-state index >= 15 is 0 Å². The minimum atomic E-state index is -0.881. The standard InChI is InChI=1S/C20H21NO5S/c1-20(12-27(24)13-20)26-18-9-8-16(19(23)25-2)10-17(18)21(14-22)11-15-6-4-3-5-7-15/h3-10,14H,11-13H2,1-2H3. The van der Waals surface area contributed by atoms with Gasteiger partial charge in [-0.15, -0.1) is 0 Å². The van der Waals surface area contributed by atoms with Gasteiger partial charge in [-0.3, -0.25) is 4.79 Å². The normalized spacial score (nSPS) is 21.1. The van der Waals surface area contributed by atoms with Crippen LogP contribution in [0.5, 0.6) is 5.75 Å². The van der Waals surface area contributed by atoms with Gasteiger partial charge in [-0.05, 0) is 41.9 Å². The molecule has 142 valence electrons. The van der Waals surface area contributed by atoms with Crippen molar-refractivity contribution in [1.29, 1.82) is 0 Å². The quantitative estimate of drug-likeness (QED) is 0.414. The largest absolute Gasteiger partial charge is 0.616 e. The molecular weight excluding hydrogens is 366 g/mol. The highest BCUT2D eigenvalue weighted by Gasteiger charge is 2.47. The molecule has 1 amide bonds. The second-order valence-corrected chi connectivity index (χ2v) is 8.13. The summed E-state index contributed by atoms with van der Waals surface area (Å²) in [5, 5.41) is 0. The maximum Gasteiger partial charge on any atom is 0.337 e. The van der Waals surface area contributed by atoms with Gasteiger partial charge in [0.1, 0.15) is 17.3 Å². The smallest absolute Gasteiger partial charge is 0.337 e. The van der Waals surface area contributed by atoms with Crippen molar-refractivity contribution in [2.45, 2.75) is 19.1 Å². The van der Waals surface area contributed by atoms with Crippen molar-refractivity contribution in [3.63, 3.8) is 0 Å². The zero-order valence-electron chi connectivity index (χ0n) is 15.2. The van der Waals surface area contributed by atoms with E-state index in [1.165, 1.54) is 12.0 Å². The van der Waals surface area contributed by atoms with E-state index in [0.717, 1.165) is 5.56 Å². The second kappa shape index (κ2) is 8.02. The minimum Gasteiger partial charge on any atom is -0.616 e. The Kier molecular flexibility index (Phi) is 5.72. The van der Waals surface area contributed by atoms with E-state index in [-0.39, 0.29) is 0 Å². The first-order valence-corrected chi connectivity index (χ1v) is 9.95. The van der Waals surface area contributed by atoms with Crippen LogP contribution >= 0.6 is 0 Å². The number of benzene rings is 2. The van der Waals surface area contributed by atoms with E-state index in [9.17, 15) is 14.1 Å². The monoisotopic (exact) mass is 387 g/mol.